The van der Waals surface area contributed by atoms with Crippen LogP contribution in [0.1, 0.15) is 44.3 Å². The largest absolute Gasteiger partial charge is 0.497 e. The molecule has 1 amide bonds. The Bertz CT molecular complexity index is 1260. The number of ketones is 1. The molecule has 1 aliphatic rings. The standard InChI is InChI=1S/C25H24N2O6/c1-31-16-6-4-14(5-7-16)15-10-21-18(22(28)11-15)13-19(25(30)27-21)24(29)26-20-9-8-17(32-2)12-23(20)33-3/h4-9,12-13,15H,10-11H2,1-3H3,(H,26,29)(H,27,30)/t15-/m1/s1. The molecule has 0 bridgehead atoms. The molecular formula is C25H24N2O6. The van der Waals surface area contributed by atoms with Gasteiger partial charge in [0.25, 0.3) is 11.5 Å². The van der Waals surface area contributed by atoms with Crippen LogP contribution in [0.25, 0.3) is 0 Å². The van der Waals surface area contributed by atoms with Gasteiger partial charge in [0.05, 0.1) is 27.0 Å². The van der Waals surface area contributed by atoms with E-state index in [4.69, 9.17) is 14.2 Å². The van der Waals surface area contributed by atoms with Crippen LogP contribution in [0, 0.1) is 0 Å². The van der Waals surface area contributed by atoms with Gasteiger partial charge in [0.15, 0.2) is 5.78 Å². The number of carbonyl (C=O) groups excluding carboxylic acids is 2. The van der Waals surface area contributed by atoms with Gasteiger partial charge < -0.3 is 24.5 Å². The minimum Gasteiger partial charge on any atom is -0.497 e. The van der Waals surface area contributed by atoms with Crippen LogP contribution in [0.4, 0.5) is 5.69 Å². The quantitative estimate of drug-likeness (QED) is 0.597. The summed E-state index contributed by atoms with van der Waals surface area (Å²) in [5.74, 6) is 0.870. The molecule has 4 rings (SSSR count). The maximum atomic E-state index is 12.9. The van der Waals surface area contributed by atoms with Crippen molar-refractivity contribution in [2.75, 3.05) is 26.6 Å². The predicted molar refractivity (Wildman–Crippen MR) is 123 cm³/mol. The molecular weight excluding hydrogens is 424 g/mol. The maximum Gasteiger partial charge on any atom is 0.261 e. The summed E-state index contributed by atoms with van der Waals surface area (Å²) in [5, 5.41) is 2.67. The zero-order valence-corrected chi connectivity index (χ0v) is 18.6. The van der Waals surface area contributed by atoms with Crippen molar-refractivity contribution in [1.82, 2.24) is 4.98 Å². The van der Waals surface area contributed by atoms with E-state index in [0.717, 1.165) is 11.3 Å². The van der Waals surface area contributed by atoms with Crippen molar-refractivity contribution in [1.29, 1.82) is 0 Å². The van der Waals surface area contributed by atoms with Crippen LogP contribution >= 0.6 is 0 Å². The summed E-state index contributed by atoms with van der Waals surface area (Å²) >= 11 is 0. The number of aromatic amines is 1. The Morgan fingerprint density at radius 2 is 1.61 bits per heavy atom. The Balaban J connectivity index is 1.59. The van der Waals surface area contributed by atoms with E-state index in [1.54, 1.807) is 25.3 Å². The third kappa shape index (κ3) is 4.45. The van der Waals surface area contributed by atoms with Gasteiger partial charge in [-0.15, -0.1) is 0 Å². The Morgan fingerprint density at radius 1 is 0.909 bits per heavy atom. The SMILES string of the molecule is COc1ccc([C@H]2CC(=O)c3cc(C(=O)Nc4ccc(OC)cc4OC)c(=O)[nH]c3C2)cc1. The number of Topliss-reactive ketones (excluding diaryl/α,β-unsaturated/α-hetero) is 1. The summed E-state index contributed by atoms with van der Waals surface area (Å²) in [6.07, 6.45) is 0.787. The molecule has 33 heavy (non-hydrogen) atoms. The molecule has 2 N–H and O–H groups in total. The average Bonchev–Trinajstić information content (AvgIpc) is 2.83. The number of nitrogens with one attached hydrogen (secondary N) is 2. The van der Waals surface area contributed by atoms with E-state index in [0.29, 0.717) is 41.3 Å². The second-order valence-corrected chi connectivity index (χ2v) is 7.73. The molecule has 1 aromatic heterocycles. The van der Waals surface area contributed by atoms with Crippen LogP contribution in [0.15, 0.2) is 53.3 Å². The summed E-state index contributed by atoms with van der Waals surface area (Å²) in [4.78, 5) is 41.2. The van der Waals surface area contributed by atoms with Gasteiger partial charge in [0, 0.05) is 23.7 Å². The number of rotatable bonds is 6. The molecule has 0 saturated heterocycles. The number of methoxy groups -OCH3 is 3. The first-order chi connectivity index (χ1) is 15.9. The Kier molecular flexibility index (Phi) is 6.17. The molecule has 1 atom stereocenters. The summed E-state index contributed by atoms with van der Waals surface area (Å²) in [7, 11) is 4.59. The first-order valence-electron chi connectivity index (χ1n) is 10.4. The maximum absolute atomic E-state index is 12.9. The number of ether oxygens (including phenoxy) is 3. The molecule has 1 heterocycles. The van der Waals surface area contributed by atoms with Crippen molar-refractivity contribution in [2.24, 2.45) is 0 Å². The molecule has 0 saturated carbocycles. The van der Waals surface area contributed by atoms with E-state index >= 15 is 0 Å². The summed E-state index contributed by atoms with van der Waals surface area (Å²) < 4.78 is 15.6. The van der Waals surface area contributed by atoms with Crippen LogP contribution in [0.2, 0.25) is 0 Å². The topological polar surface area (TPSA) is 107 Å². The Labute approximate surface area is 190 Å². The van der Waals surface area contributed by atoms with Gasteiger partial charge in [0.1, 0.15) is 22.8 Å². The molecule has 0 aliphatic heterocycles. The lowest BCUT2D eigenvalue weighted by molar-refractivity contribution is 0.0963. The van der Waals surface area contributed by atoms with Gasteiger partial charge in [-0.1, -0.05) is 12.1 Å². The number of benzene rings is 2. The van der Waals surface area contributed by atoms with Gasteiger partial charge >= 0.3 is 0 Å². The number of hydrogen-bond donors (Lipinski definition) is 2. The highest BCUT2D eigenvalue weighted by atomic mass is 16.5. The monoisotopic (exact) mass is 448 g/mol. The Morgan fingerprint density at radius 3 is 2.27 bits per heavy atom. The number of H-pyrrole nitrogens is 1. The fraction of sp³-hybridized carbons (Fsp3) is 0.240. The highest BCUT2D eigenvalue weighted by Crippen LogP contribution is 2.33. The van der Waals surface area contributed by atoms with Crippen molar-refractivity contribution in [3.8, 4) is 17.2 Å². The number of aromatic nitrogens is 1. The smallest absolute Gasteiger partial charge is 0.261 e. The molecule has 1 aliphatic carbocycles. The van der Waals surface area contributed by atoms with Gasteiger partial charge in [-0.2, -0.15) is 0 Å². The summed E-state index contributed by atoms with van der Waals surface area (Å²) in [6.45, 7) is 0. The van der Waals surface area contributed by atoms with Gasteiger partial charge in [-0.05, 0) is 48.2 Å². The molecule has 170 valence electrons. The summed E-state index contributed by atoms with van der Waals surface area (Å²) in [5.41, 5.74) is 1.59. The van der Waals surface area contributed by atoms with Crippen molar-refractivity contribution in [3.05, 3.63) is 81.3 Å². The van der Waals surface area contributed by atoms with E-state index in [1.807, 2.05) is 24.3 Å². The van der Waals surface area contributed by atoms with Gasteiger partial charge in [-0.3, -0.25) is 14.4 Å². The number of anilines is 1. The zero-order valence-electron chi connectivity index (χ0n) is 18.6. The molecule has 8 heteroatoms. The Hall–Kier alpha value is -4.07. The highest BCUT2D eigenvalue weighted by Gasteiger charge is 2.29. The van der Waals surface area contributed by atoms with Crippen LogP contribution in [-0.2, 0) is 6.42 Å². The van der Waals surface area contributed by atoms with Crippen molar-refractivity contribution in [2.45, 2.75) is 18.8 Å². The molecule has 0 fully saturated rings. The second-order valence-electron chi connectivity index (χ2n) is 7.73. The third-order valence-electron chi connectivity index (χ3n) is 5.79. The van der Waals surface area contributed by atoms with Gasteiger partial charge in [-0.25, -0.2) is 0 Å². The van der Waals surface area contributed by atoms with Crippen LogP contribution in [-0.4, -0.2) is 38.0 Å². The molecule has 2 aromatic carbocycles. The number of carbonyl (C=O) groups is 2. The summed E-state index contributed by atoms with van der Waals surface area (Å²) in [6, 6.07) is 13.8. The number of amides is 1. The van der Waals surface area contributed by atoms with E-state index < -0.39 is 11.5 Å². The molecule has 8 nitrogen and oxygen atoms in total. The van der Waals surface area contributed by atoms with Gasteiger partial charge in [0.2, 0.25) is 0 Å². The lowest BCUT2D eigenvalue weighted by Gasteiger charge is -2.24. The molecule has 3 aromatic rings. The lowest BCUT2D eigenvalue weighted by Crippen LogP contribution is -2.29. The van der Waals surface area contributed by atoms with E-state index in [2.05, 4.69) is 10.3 Å². The minimum absolute atomic E-state index is 0.0604. The third-order valence-corrected chi connectivity index (χ3v) is 5.79. The number of pyridine rings is 1. The zero-order chi connectivity index (χ0) is 23.5. The fourth-order valence-corrected chi connectivity index (χ4v) is 4.00. The van der Waals surface area contributed by atoms with E-state index in [-0.39, 0.29) is 17.3 Å². The number of hydrogen-bond acceptors (Lipinski definition) is 6. The lowest BCUT2D eigenvalue weighted by atomic mass is 9.81. The predicted octanol–water partition coefficient (Wildman–Crippen LogP) is 3.57. The highest BCUT2D eigenvalue weighted by molar-refractivity contribution is 6.07. The van der Waals surface area contributed by atoms with Crippen LogP contribution in [0.5, 0.6) is 17.2 Å². The normalized spacial score (nSPS) is 14.9. The van der Waals surface area contributed by atoms with Crippen molar-refractivity contribution >= 4 is 17.4 Å². The van der Waals surface area contributed by atoms with Crippen molar-refractivity contribution < 1.29 is 23.8 Å². The number of fused-ring (bicyclic) bond motifs is 1. The molecule has 0 radical (unpaired) electrons. The van der Waals surface area contributed by atoms with E-state index in [1.165, 1.54) is 20.3 Å². The average molecular weight is 448 g/mol. The van der Waals surface area contributed by atoms with Crippen LogP contribution in [0.3, 0.4) is 0 Å². The first kappa shape index (κ1) is 22.1. The minimum atomic E-state index is -0.632. The molecule has 0 unspecified atom stereocenters. The first-order valence-corrected chi connectivity index (χ1v) is 10.4. The van der Waals surface area contributed by atoms with Crippen molar-refractivity contribution in [3.63, 3.8) is 0 Å². The molecule has 0 spiro atoms. The second kappa shape index (κ2) is 9.20. The van der Waals surface area contributed by atoms with Crippen LogP contribution < -0.4 is 25.1 Å². The fourth-order valence-electron chi connectivity index (χ4n) is 4.00. The van der Waals surface area contributed by atoms with E-state index in [9.17, 15) is 14.4 Å².